The maximum atomic E-state index is 14.1. The summed E-state index contributed by atoms with van der Waals surface area (Å²) < 4.78 is 45.0. The number of benzene rings is 1. The van der Waals surface area contributed by atoms with Gasteiger partial charge in [-0.25, -0.2) is 12.8 Å². The number of halogens is 2. The summed E-state index contributed by atoms with van der Waals surface area (Å²) in [6.07, 6.45) is -0.684. The number of alkyl halides is 1. The number of sulfone groups is 1. The zero-order chi connectivity index (χ0) is 20.0. The number of hydroxylamine groups is 2. The van der Waals surface area contributed by atoms with Crippen LogP contribution in [0.25, 0.3) is 11.0 Å². The highest BCUT2D eigenvalue weighted by molar-refractivity contribution is 9.09. The van der Waals surface area contributed by atoms with Gasteiger partial charge >= 0.3 is 0 Å². The molecule has 3 rings (SSSR count). The highest BCUT2D eigenvalue weighted by Gasteiger charge is 2.44. The molecule has 8 nitrogen and oxygen atoms in total. The number of fused-ring (bicyclic) bond motifs is 1. The molecule has 150 valence electrons. The van der Waals surface area contributed by atoms with Gasteiger partial charge in [0.1, 0.15) is 23.1 Å². The number of nitrogens with zero attached hydrogens (tertiary/aromatic N) is 2. The van der Waals surface area contributed by atoms with Crippen LogP contribution in [0.4, 0.5) is 10.1 Å². The van der Waals surface area contributed by atoms with Crippen LogP contribution in [0.3, 0.4) is 0 Å². The van der Waals surface area contributed by atoms with Gasteiger partial charge in [-0.3, -0.25) is 4.84 Å². The Morgan fingerprint density at radius 1 is 1.52 bits per heavy atom. The second-order valence-electron chi connectivity index (χ2n) is 7.14. The van der Waals surface area contributed by atoms with E-state index in [-0.39, 0.29) is 28.0 Å². The van der Waals surface area contributed by atoms with E-state index in [2.05, 4.69) is 26.4 Å². The molecule has 27 heavy (non-hydrogen) atoms. The van der Waals surface area contributed by atoms with Crippen molar-refractivity contribution in [2.24, 2.45) is 0 Å². The normalized spacial score (nSPS) is 21.6. The second kappa shape index (κ2) is 7.28. The molecule has 1 aromatic carbocycles. The van der Waals surface area contributed by atoms with Crippen LogP contribution in [0.15, 0.2) is 16.7 Å². The Morgan fingerprint density at radius 2 is 2.22 bits per heavy atom. The number of aliphatic hydroxyl groups is 1. The van der Waals surface area contributed by atoms with E-state index in [0.717, 1.165) is 6.07 Å². The van der Waals surface area contributed by atoms with E-state index in [0.29, 0.717) is 11.8 Å². The third-order valence-corrected chi connectivity index (χ3v) is 6.90. The average Bonchev–Trinajstić information content (AvgIpc) is 3.07. The second-order valence-corrected chi connectivity index (χ2v) is 9.94. The van der Waals surface area contributed by atoms with Gasteiger partial charge in [-0.2, -0.15) is 5.06 Å². The molecule has 2 atom stereocenters. The zero-order valence-corrected chi connectivity index (χ0v) is 17.5. The fourth-order valence-corrected chi connectivity index (χ4v) is 5.21. The predicted molar refractivity (Wildman–Crippen MR) is 101 cm³/mol. The molecule has 1 aliphatic heterocycles. The molecule has 1 aromatic heterocycles. The molecular weight excluding hydrogens is 445 g/mol. The van der Waals surface area contributed by atoms with E-state index in [4.69, 9.17) is 9.36 Å². The Hall–Kier alpha value is -1.27. The van der Waals surface area contributed by atoms with Crippen molar-refractivity contribution in [1.29, 1.82) is 0 Å². The number of aromatic nitrogens is 1. The molecule has 0 aliphatic carbocycles. The van der Waals surface area contributed by atoms with Crippen molar-refractivity contribution < 1.29 is 27.3 Å². The molecule has 0 spiro atoms. The first-order valence-electron chi connectivity index (χ1n) is 8.24. The van der Waals surface area contributed by atoms with Crippen LogP contribution in [0, 0.1) is 5.82 Å². The van der Waals surface area contributed by atoms with E-state index >= 15 is 0 Å². The maximum absolute atomic E-state index is 14.1. The molecule has 0 radical (unpaired) electrons. The molecule has 1 saturated heterocycles. The summed E-state index contributed by atoms with van der Waals surface area (Å²) in [5, 5.41) is 17.2. The fourth-order valence-electron chi connectivity index (χ4n) is 3.12. The lowest BCUT2D eigenvalue weighted by Gasteiger charge is -2.18. The molecule has 0 bridgehead atoms. The van der Waals surface area contributed by atoms with Gasteiger partial charge in [0.15, 0.2) is 15.4 Å². The van der Waals surface area contributed by atoms with Gasteiger partial charge in [0, 0.05) is 30.3 Å². The number of hydrogen-bond donors (Lipinski definition) is 2. The number of rotatable bonds is 6. The van der Waals surface area contributed by atoms with Gasteiger partial charge < -0.3 is 14.9 Å². The van der Waals surface area contributed by atoms with Crippen LogP contribution >= 0.6 is 15.9 Å². The first-order valence-corrected chi connectivity index (χ1v) is 11.1. The van der Waals surface area contributed by atoms with Crippen molar-refractivity contribution in [2.75, 3.05) is 17.7 Å². The van der Waals surface area contributed by atoms with Gasteiger partial charge in [-0.1, -0.05) is 21.1 Å². The summed E-state index contributed by atoms with van der Waals surface area (Å²) in [4.78, 5) is 5.56. The largest absolute Gasteiger partial charge is 0.373 e. The minimum absolute atomic E-state index is 0.0266. The van der Waals surface area contributed by atoms with Crippen LogP contribution in [0.2, 0.25) is 0 Å². The Bertz CT molecular complexity index is 949. The quantitative estimate of drug-likeness (QED) is 0.494. The smallest absolute Gasteiger partial charge is 0.174 e. The van der Waals surface area contributed by atoms with Gasteiger partial charge in [-0.05, 0) is 19.9 Å². The predicted octanol–water partition coefficient (Wildman–Crippen LogP) is 2.38. The monoisotopic (exact) mass is 465 g/mol. The van der Waals surface area contributed by atoms with Crippen LogP contribution in [-0.2, 0) is 20.4 Å². The van der Waals surface area contributed by atoms with Crippen LogP contribution in [0.5, 0.6) is 0 Å². The van der Waals surface area contributed by atoms with E-state index in [1.54, 1.807) is 7.05 Å². The molecule has 0 saturated carbocycles. The van der Waals surface area contributed by atoms with Crippen LogP contribution in [0.1, 0.15) is 26.0 Å². The van der Waals surface area contributed by atoms with E-state index in [1.807, 2.05) is 13.8 Å². The fraction of sp³-hybridized carbons (Fsp3) is 0.562. The van der Waals surface area contributed by atoms with Crippen molar-refractivity contribution in [3.05, 3.63) is 23.6 Å². The lowest BCUT2D eigenvalue weighted by Crippen LogP contribution is -2.33. The Balaban J connectivity index is 1.92. The summed E-state index contributed by atoms with van der Waals surface area (Å²) in [5.74, 6) is -1.01. The molecule has 2 unspecified atom stereocenters. The summed E-state index contributed by atoms with van der Waals surface area (Å²) in [6.45, 7) is 3.64. The molecular formula is C16H21BrFN3O5S. The van der Waals surface area contributed by atoms with Crippen molar-refractivity contribution in [3.63, 3.8) is 0 Å². The standard InChI is InChI=1S/C16H21BrFN3O5S/c1-16(2)6-15(21(3)26-16)27(23,24)8-12-9-4-11(19-14(22)7-17)10(18)5-13(9)25-20-12/h4-5,14-15,19,22H,6-8H2,1-3H3. The molecule has 2 N–H and O–H groups in total. The summed E-state index contributed by atoms with van der Waals surface area (Å²) in [6, 6.07) is 2.49. The third-order valence-electron chi connectivity index (χ3n) is 4.32. The van der Waals surface area contributed by atoms with Gasteiger partial charge in [-0.15, -0.1) is 0 Å². The van der Waals surface area contributed by atoms with Crippen molar-refractivity contribution in [2.45, 2.75) is 43.2 Å². The van der Waals surface area contributed by atoms with E-state index in [9.17, 15) is 17.9 Å². The third kappa shape index (κ3) is 4.27. The zero-order valence-electron chi connectivity index (χ0n) is 15.1. The Kier molecular flexibility index (Phi) is 5.52. The molecule has 0 amide bonds. The molecule has 1 aliphatic rings. The lowest BCUT2D eigenvalue weighted by molar-refractivity contribution is -0.168. The number of nitrogens with one attached hydrogen (secondary N) is 1. The van der Waals surface area contributed by atoms with Gasteiger partial charge in [0.2, 0.25) is 0 Å². The van der Waals surface area contributed by atoms with E-state index < -0.39 is 32.9 Å². The Labute approximate surface area is 164 Å². The average molecular weight is 466 g/mol. The molecule has 1 fully saturated rings. The summed E-state index contributed by atoms with van der Waals surface area (Å²) in [5.41, 5.74) is -0.240. The topological polar surface area (TPSA) is 105 Å². The number of hydrogen-bond acceptors (Lipinski definition) is 8. The number of anilines is 1. The molecule has 11 heteroatoms. The summed E-state index contributed by atoms with van der Waals surface area (Å²) in [7, 11) is -2.06. The van der Waals surface area contributed by atoms with Crippen molar-refractivity contribution in [1.82, 2.24) is 10.2 Å². The minimum atomic E-state index is -3.64. The van der Waals surface area contributed by atoms with Gasteiger partial charge in [0.05, 0.1) is 17.0 Å². The lowest BCUT2D eigenvalue weighted by atomic mass is 10.1. The summed E-state index contributed by atoms with van der Waals surface area (Å²) >= 11 is 3.08. The van der Waals surface area contributed by atoms with Crippen molar-refractivity contribution in [3.8, 4) is 0 Å². The van der Waals surface area contributed by atoms with Gasteiger partial charge in [0.25, 0.3) is 0 Å². The van der Waals surface area contributed by atoms with Crippen molar-refractivity contribution >= 4 is 42.4 Å². The highest BCUT2D eigenvalue weighted by atomic mass is 79.9. The first kappa shape index (κ1) is 20.5. The first-order chi connectivity index (χ1) is 12.5. The molecule has 2 heterocycles. The number of aliphatic hydroxyl groups excluding tert-OH is 1. The van der Waals surface area contributed by atoms with Crippen LogP contribution in [-0.4, -0.2) is 53.3 Å². The Morgan fingerprint density at radius 3 is 2.81 bits per heavy atom. The van der Waals surface area contributed by atoms with Crippen LogP contribution < -0.4 is 5.32 Å². The molecule has 2 aromatic rings. The van der Waals surface area contributed by atoms with E-state index in [1.165, 1.54) is 11.1 Å². The highest BCUT2D eigenvalue weighted by Crippen LogP contribution is 2.34. The SMILES string of the molecule is CN1OC(C)(C)CC1S(=O)(=O)Cc1noc2cc(F)c(NC(O)CBr)cc12. The minimum Gasteiger partial charge on any atom is -0.373 e. The maximum Gasteiger partial charge on any atom is 0.174 e.